The highest BCUT2D eigenvalue weighted by atomic mass is 79.9. The average molecular weight is 343 g/mol. The molecule has 1 heterocycles. The number of rotatable bonds is 1. The van der Waals surface area contributed by atoms with E-state index in [1.807, 2.05) is 30.3 Å². The van der Waals surface area contributed by atoms with E-state index in [1.54, 1.807) is 0 Å². The number of hydrogen-bond acceptors (Lipinski definition) is 1. The fourth-order valence-electron chi connectivity index (χ4n) is 2.43. The summed E-state index contributed by atoms with van der Waals surface area (Å²) in [6, 6.07) is 7.77. The summed E-state index contributed by atoms with van der Waals surface area (Å²) in [5.41, 5.74) is 1.35. The second-order valence-corrected chi connectivity index (χ2v) is 5.58. The van der Waals surface area contributed by atoms with Gasteiger partial charge < -0.3 is 4.74 Å². The topological polar surface area (TPSA) is 9.23 Å². The van der Waals surface area contributed by atoms with E-state index in [0.29, 0.717) is 0 Å². The molecule has 2 atom stereocenters. The van der Waals surface area contributed by atoms with Gasteiger partial charge in [0.1, 0.15) is 6.10 Å². The lowest BCUT2D eigenvalue weighted by Gasteiger charge is -2.25. The zero-order valence-corrected chi connectivity index (χ0v) is 11.8. The monoisotopic (exact) mass is 342 g/mol. The van der Waals surface area contributed by atoms with Crippen LogP contribution < -0.4 is 0 Å². The van der Waals surface area contributed by atoms with Crippen LogP contribution in [0.5, 0.6) is 0 Å². The predicted molar refractivity (Wildman–Crippen MR) is 74.2 cm³/mol. The summed E-state index contributed by atoms with van der Waals surface area (Å²) in [7, 11) is 0. The third-order valence-corrected chi connectivity index (χ3v) is 4.12. The van der Waals surface area contributed by atoms with Gasteiger partial charge in [-0.1, -0.05) is 40.2 Å². The summed E-state index contributed by atoms with van der Waals surface area (Å²) in [6.45, 7) is 0. The van der Waals surface area contributed by atoms with Gasteiger partial charge in [-0.05, 0) is 29.4 Å². The molecule has 0 fully saturated rings. The van der Waals surface area contributed by atoms with Crippen LogP contribution in [0.15, 0.2) is 52.7 Å². The Morgan fingerprint density at radius 3 is 2.55 bits per heavy atom. The second-order valence-electron chi connectivity index (χ2n) is 4.67. The summed E-state index contributed by atoms with van der Waals surface area (Å²) in [5.74, 6) is -0.103. The number of alkyl halides is 3. The SMILES string of the molecule is FC(F)(F)C1=COC(C2C(Br)=Cc3ccccc32)C=C1. The number of halogens is 4. The first-order chi connectivity index (χ1) is 9.47. The minimum Gasteiger partial charge on any atom is -0.492 e. The molecular formula is C15H10BrF3O. The highest BCUT2D eigenvalue weighted by Gasteiger charge is 2.37. The molecule has 0 saturated carbocycles. The number of benzene rings is 1. The summed E-state index contributed by atoms with van der Waals surface area (Å²) in [4.78, 5) is 0. The van der Waals surface area contributed by atoms with Crippen molar-refractivity contribution < 1.29 is 17.9 Å². The molecule has 3 rings (SSSR count). The zero-order chi connectivity index (χ0) is 14.3. The number of allylic oxidation sites excluding steroid dienone is 2. The van der Waals surface area contributed by atoms with Crippen LogP contribution in [-0.4, -0.2) is 12.3 Å². The molecule has 1 aromatic rings. The molecule has 0 spiro atoms. The van der Waals surface area contributed by atoms with Gasteiger partial charge in [-0.25, -0.2) is 0 Å². The summed E-state index contributed by atoms with van der Waals surface area (Å²) in [6.07, 6.45) is 0.504. The molecule has 0 saturated heterocycles. The van der Waals surface area contributed by atoms with Gasteiger partial charge in [0.25, 0.3) is 0 Å². The number of fused-ring (bicyclic) bond motifs is 1. The Kier molecular flexibility index (Phi) is 3.24. The van der Waals surface area contributed by atoms with Crippen molar-refractivity contribution in [3.8, 4) is 0 Å². The Morgan fingerprint density at radius 1 is 1.15 bits per heavy atom. The Hall–Kier alpha value is -1.49. The molecule has 0 amide bonds. The first kappa shape index (κ1) is 13.5. The normalized spacial score (nSPS) is 24.8. The molecule has 20 heavy (non-hydrogen) atoms. The number of ether oxygens (including phenoxy) is 1. The average Bonchev–Trinajstić information content (AvgIpc) is 2.73. The summed E-state index contributed by atoms with van der Waals surface area (Å²) < 4.78 is 43.8. The molecule has 5 heteroatoms. The van der Waals surface area contributed by atoms with E-state index in [2.05, 4.69) is 15.9 Å². The maximum Gasteiger partial charge on any atom is 0.419 e. The van der Waals surface area contributed by atoms with Crippen LogP contribution in [0.3, 0.4) is 0 Å². The molecule has 104 valence electrons. The van der Waals surface area contributed by atoms with E-state index >= 15 is 0 Å². The van der Waals surface area contributed by atoms with Crippen LogP contribution in [0.1, 0.15) is 17.0 Å². The number of hydrogen-bond donors (Lipinski definition) is 0. The smallest absolute Gasteiger partial charge is 0.419 e. The third kappa shape index (κ3) is 2.30. The standard InChI is InChI=1S/C15H10BrF3O/c16-12-7-9-3-1-2-4-11(9)14(12)13-6-5-10(8-20-13)15(17,18)19/h1-8,13-14H. The maximum atomic E-state index is 12.5. The van der Waals surface area contributed by atoms with E-state index in [-0.39, 0.29) is 5.92 Å². The van der Waals surface area contributed by atoms with E-state index < -0.39 is 17.9 Å². The fraction of sp³-hybridized carbons (Fsp3) is 0.200. The lowest BCUT2D eigenvalue weighted by Crippen LogP contribution is -2.22. The van der Waals surface area contributed by atoms with Gasteiger partial charge in [-0.15, -0.1) is 0 Å². The first-order valence-corrected chi connectivity index (χ1v) is 6.83. The van der Waals surface area contributed by atoms with Crippen molar-refractivity contribution in [1.82, 2.24) is 0 Å². The molecule has 1 aromatic carbocycles. The van der Waals surface area contributed by atoms with Crippen molar-refractivity contribution in [1.29, 1.82) is 0 Å². The van der Waals surface area contributed by atoms with Crippen LogP contribution in [0, 0.1) is 0 Å². The van der Waals surface area contributed by atoms with Gasteiger partial charge in [-0.2, -0.15) is 13.2 Å². The van der Waals surface area contributed by atoms with Crippen LogP contribution in [-0.2, 0) is 4.74 Å². The van der Waals surface area contributed by atoms with Crippen molar-refractivity contribution in [2.24, 2.45) is 0 Å². The van der Waals surface area contributed by atoms with Gasteiger partial charge in [0.05, 0.1) is 17.8 Å². The molecule has 1 nitrogen and oxygen atoms in total. The van der Waals surface area contributed by atoms with E-state index in [4.69, 9.17) is 4.74 Å². The largest absolute Gasteiger partial charge is 0.492 e. The Bertz CT molecular complexity index is 628. The quantitative estimate of drug-likeness (QED) is 0.703. The van der Waals surface area contributed by atoms with Gasteiger partial charge in [0, 0.05) is 4.48 Å². The van der Waals surface area contributed by atoms with Crippen LogP contribution in [0.2, 0.25) is 0 Å². The van der Waals surface area contributed by atoms with Gasteiger partial charge in [0.15, 0.2) is 0 Å². The van der Waals surface area contributed by atoms with E-state index in [0.717, 1.165) is 27.9 Å². The van der Waals surface area contributed by atoms with Gasteiger partial charge in [-0.3, -0.25) is 0 Å². The first-order valence-electron chi connectivity index (χ1n) is 6.04. The lowest BCUT2D eigenvalue weighted by molar-refractivity contribution is -0.0916. The van der Waals surface area contributed by atoms with Crippen LogP contribution in [0.4, 0.5) is 13.2 Å². The molecule has 1 aliphatic carbocycles. The summed E-state index contributed by atoms with van der Waals surface area (Å²) in [5, 5.41) is 0. The van der Waals surface area contributed by atoms with Crippen molar-refractivity contribution in [2.75, 3.05) is 0 Å². The van der Waals surface area contributed by atoms with Crippen LogP contribution >= 0.6 is 15.9 Å². The second kappa shape index (κ2) is 4.81. The third-order valence-electron chi connectivity index (χ3n) is 3.40. The fourth-order valence-corrected chi connectivity index (χ4v) is 3.19. The molecule has 2 aliphatic rings. The zero-order valence-electron chi connectivity index (χ0n) is 10.2. The lowest BCUT2D eigenvalue weighted by atomic mass is 9.93. The van der Waals surface area contributed by atoms with E-state index in [9.17, 15) is 13.2 Å². The highest BCUT2D eigenvalue weighted by molar-refractivity contribution is 9.11. The van der Waals surface area contributed by atoms with Crippen molar-refractivity contribution >= 4 is 22.0 Å². The molecular weight excluding hydrogens is 333 g/mol. The molecule has 0 N–H and O–H groups in total. The minimum atomic E-state index is -4.37. The molecule has 0 radical (unpaired) electrons. The van der Waals surface area contributed by atoms with Gasteiger partial charge >= 0.3 is 6.18 Å². The van der Waals surface area contributed by atoms with Crippen molar-refractivity contribution in [3.05, 3.63) is 63.9 Å². The van der Waals surface area contributed by atoms with Crippen LogP contribution in [0.25, 0.3) is 6.08 Å². The highest BCUT2D eigenvalue weighted by Crippen LogP contribution is 2.44. The van der Waals surface area contributed by atoms with Crippen molar-refractivity contribution in [2.45, 2.75) is 18.2 Å². The minimum absolute atomic E-state index is 0.103. The Morgan fingerprint density at radius 2 is 1.90 bits per heavy atom. The van der Waals surface area contributed by atoms with Gasteiger partial charge in [0.2, 0.25) is 0 Å². The van der Waals surface area contributed by atoms with E-state index in [1.165, 1.54) is 6.08 Å². The molecule has 0 bridgehead atoms. The van der Waals surface area contributed by atoms with Crippen molar-refractivity contribution in [3.63, 3.8) is 0 Å². The Balaban J connectivity index is 1.86. The molecule has 0 aromatic heterocycles. The molecule has 2 unspecified atom stereocenters. The maximum absolute atomic E-state index is 12.5. The Labute approximate surface area is 122 Å². The molecule has 1 aliphatic heterocycles. The summed E-state index contributed by atoms with van der Waals surface area (Å²) >= 11 is 3.48. The predicted octanol–water partition coefficient (Wildman–Crippen LogP) is 4.92.